The Kier molecular flexibility index (Phi) is 7.96. The summed E-state index contributed by atoms with van der Waals surface area (Å²) in [6.45, 7) is 4.76. The van der Waals surface area contributed by atoms with Gasteiger partial charge >= 0.3 is 0 Å². The van der Waals surface area contributed by atoms with Gasteiger partial charge in [0, 0.05) is 67.7 Å². The lowest BCUT2D eigenvalue weighted by Gasteiger charge is -2.35. The third kappa shape index (κ3) is 6.60. The zero-order valence-electron chi connectivity index (χ0n) is 19.9. The fourth-order valence-corrected chi connectivity index (χ4v) is 5.82. The Morgan fingerprint density at radius 3 is 2.37 bits per heavy atom. The Morgan fingerprint density at radius 2 is 1.66 bits per heavy atom. The Morgan fingerprint density at radius 1 is 0.943 bits per heavy atom. The summed E-state index contributed by atoms with van der Waals surface area (Å²) in [5.74, 6) is 1.16. The van der Waals surface area contributed by atoms with Crippen molar-refractivity contribution in [2.45, 2.75) is 44.7 Å². The van der Waals surface area contributed by atoms with Crippen molar-refractivity contribution >= 4 is 34.2 Å². The number of anilines is 1. The molecule has 3 aromatic rings. The highest BCUT2D eigenvalue weighted by Gasteiger charge is 2.29. The van der Waals surface area contributed by atoms with Gasteiger partial charge in [0.05, 0.1) is 0 Å². The lowest BCUT2D eigenvalue weighted by Crippen LogP contribution is -2.48. The first-order chi connectivity index (χ1) is 17.1. The Balaban J connectivity index is 1.04. The maximum atomic E-state index is 12.9. The van der Waals surface area contributed by atoms with Gasteiger partial charge in [-0.05, 0) is 48.9 Å². The van der Waals surface area contributed by atoms with Crippen LogP contribution in [-0.2, 0) is 17.8 Å². The minimum absolute atomic E-state index is 0.0926. The summed E-state index contributed by atoms with van der Waals surface area (Å²) in [7, 11) is 0. The molecule has 0 atom stereocenters. The van der Waals surface area contributed by atoms with E-state index in [1.807, 2.05) is 24.3 Å². The normalized spacial score (nSPS) is 18.0. The van der Waals surface area contributed by atoms with Crippen molar-refractivity contribution < 1.29 is 4.79 Å². The van der Waals surface area contributed by atoms with E-state index in [9.17, 15) is 4.79 Å². The predicted molar refractivity (Wildman–Crippen MR) is 142 cm³/mol. The van der Waals surface area contributed by atoms with Gasteiger partial charge in [-0.15, -0.1) is 0 Å². The summed E-state index contributed by atoms with van der Waals surface area (Å²) >= 11 is 7.43. The topological polar surface area (TPSA) is 61.4 Å². The standard InChI is InChI=1S/C27H32ClN5OS/c28-23-8-6-20(7-9-23)18-25-30-27(35-31-25)33-16-10-22(11-17-33)26(34)29-24-12-14-32(15-13-24)19-21-4-2-1-3-5-21/h1-9,22,24H,10-19H2,(H,29,34). The van der Waals surface area contributed by atoms with Gasteiger partial charge < -0.3 is 10.2 Å². The third-order valence-corrected chi connectivity index (χ3v) is 8.12. The molecule has 0 aliphatic carbocycles. The second-order valence-electron chi connectivity index (χ2n) is 9.60. The number of benzene rings is 2. The van der Waals surface area contributed by atoms with Gasteiger partial charge in [0.15, 0.2) is 0 Å². The average molecular weight is 510 g/mol. The summed E-state index contributed by atoms with van der Waals surface area (Å²) in [6, 6.07) is 18.7. The summed E-state index contributed by atoms with van der Waals surface area (Å²) in [6.07, 6.45) is 4.49. The number of piperidine rings is 2. The molecule has 0 saturated carbocycles. The van der Waals surface area contributed by atoms with Crippen LogP contribution in [-0.4, -0.2) is 52.4 Å². The number of amides is 1. The van der Waals surface area contributed by atoms with E-state index in [-0.39, 0.29) is 11.8 Å². The van der Waals surface area contributed by atoms with E-state index in [1.54, 1.807) is 0 Å². The Hall–Kier alpha value is -2.48. The molecule has 5 rings (SSSR count). The van der Waals surface area contributed by atoms with E-state index in [0.29, 0.717) is 12.5 Å². The van der Waals surface area contributed by atoms with Crippen LogP contribution in [0.25, 0.3) is 0 Å². The molecule has 2 aromatic carbocycles. The summed E-state index contributed by atoms with van der Waals surface area (Å²) in [5, 5.41) is 5.04. The van der Waals surface area contributed by atoms with Crippen molar-refractivity contribution in [3.8, 4) is 0 Å². The van der Waals surface area contributed by atoms with E-state index >= 15 is 0 Å². The van der Waals surface area contributed by atoms with E-state index in [0.717, 1.165) is 79.9 Å². The number of carbonyl (C=O) groups is 1. The van der Waals surface area contributed by atoms with Crippen LogP contribution >= 0.6 is 23.1 Å². The minimum atomic E-state index is 0.0926. The highest BCUT2D eigenvalue weighted by Crippen LogP contribution is 2.26. The molecule has 8 heteroatoms. The molecule has 2 saturated heterocycles. The van der Waals surface area contributed by atoms with E-state index in [4.69, 9.17) is 16.6 Å². The van der Waals surface area contributed by atoms with Gasteiger partial charge in [-0.2, -0.15) is 4.37 Å². The molecule has 0 bridgehead atoms. The SMILES string of the molecule is O=C(NC1CCN(Cc2ccccc2)CC1)C1CCN(c2nc(Cc3ccc(Cl)cc3)ns2)CC1. The Bertz CT molecular complexity index is 1090. The lowest BCUT2D eigenvalue weighted by atomic mass is 9.95. The number of nitrogens with zero attached hydrogens (tertiary/aromatic N) is 4. The van der Waals surface area contributed by atoms with Crippen LogP contribution in [0.5, 0.6) is 0 Å². The predicted octanol–water partition coefficient (Wildman–Crippen LogP) is 4.78. The van der Waals surface area contributed by atoms with Crippen LogP contribution in [0, 0.1) is 5.92 Å². The summed E-state index contributed by atoms with van der Waals surface area (Å²) < 4.78 is 4.55. The molecule has 1 amide bonds. The number of nitrogens with one attached hydrogen (secondary N) is 1. The minimum Gasteiger partial charge on any atom is -0.353 e. The largest absolute Gasteiger partial charge is 0.353 e. The van der Waals surface area contributed by atoms with Crippen LogP contribution in [0.4, 0.5) is 5.13 Å². The fraction of sp³-hybridized carbons (Fsp3) is 0.444. The summed E-state index contributed by atoms with van der Waals surface area (Å²) in [5.41, 5.74) is 2.51. The maximum Gasteiger partial charge on any atom is 0.223 e. The second-order valence-corrected chi connectivity index (χ2v) is 10.8. The zero-order chi connectivity index (χ0) is 24.0. The van der Waals surface area contributed by atoms with Crippen molar-refractivity contribution in [1.29, 1.82) is 0 Å². The van der Waals surface area contributed by atoms with Gasteiger partial charge in [-0.3, -0.25) is 9.69 Å². The number of hydrogen-bond acceptors (Lipinski definition) is 6. The highest BCUT2D eigenvalue weighted by molar-refractivity contribution is 7.09. The first-order valence-corrected chi connectivity index (χ1v) is 13.7. The smallest absolute Gasteiger partial charge is 0.223 e. The molecule has 1 aromatic heterocycles. The number of carbonyl (C=O) groups excluding carboxylic acids is 1. The van der Waals surface area contributed by atoms with Crippen LogP contribution < -0.4 is 10.2 Å². The molecule has 0 unspecified atom stereocenters. The van der Waals surface area contributed by atoms with Crippen LogP contribution in [0.15, 0.2) is 54.6 Å². The maximum absolute atomic E-state index is 12.9. The molecule has 0 radical (unpaired) electrons. The van der Waals surface area contributed by atoms with Crippen molar-refractivity contribution in [1.82, 2.24) is 19.6 Å². The molecule has 6 nitrogen and oxygen atoms in total. The van der Waals surface area contributed by atoms with E-state index in [1.165, 1.54) is 17.1 Å². The highest BCUT2D eigenvalue weighted by atomic mass is 35.5. The van der Waals surface area contributed by atoms with Crippen molar-refractivity contribution in [3.05, 3.63) is 76.6 Å². The number of hydrogen-bond donors (Lipinski definition) is 1. The molecule has 2 aliphatic rings. The molecule has 2 aliphatic heterocycles. The van der Waals surface area contributed by atoms with Crippen LogP contribution in [0.2, 0.25) is 5.02 Å². The fourth-order valence-electron chi connectivity index (χ4n) is 4.96. The second kappa shape index (κ2) is 11.5. The number of likely N-dealkylation sites (tertiary alicyclic amines) is 1. The molecular formula is C27H32ClN5OS. The molecule has 184 valence electrons. The van der Waals surface area contributed by atoms with Gasteiger partial charge in [0.1, 0.15) is 5.82 Å². The van der Waals surface area contributed by atoms with Crippen LogP contribution in [0.3, 0.4) is 0 Å². The molecular weight excluding hydrogens is 478 g/mol. The number of halogens is 1. The lowest BCUT2D eigenvalue weighted by molar-refractivity contribution is -0.126. The van der Waals surface area contributed by atoms with Gasteiger partial charge in [-0.25, -0.2) is 4.98 Å². The van der Waals surface area contributed by atoms with E-state index < -0.39 is 0 Å². The van der Waals surface area contributed by atoms with Gasteiger partial charge in [0.25, 0.3) is 0 Å². The zero-order valence-corrected chi connectivity index (χ0v) is 21.5. The summed E-state index contributed by atoms with van der Waals surface area (Å²) in [4.78, 5) is 22.4. The monoisotopic (exact) mass is 509 g/mol. The quantitative estimate of drug-likeness (QED) is 0.496. The van der Waals surface area contributed by atoms with Gasteiger partial charge in [0.2, 0.25) is 11.0 Å². The first kappa shape index (κ1) is 24.2. The van der Waals surface area contributed by atoms with Crippen molar-refractivity contribution in [2.24, 2.45) is 5.92 Å². The van der Waals surface area contributed by atoms with Crippen LogP contribution in [0.1, 0.15) is 42.6 Å². The first-order valence-electron chi connectivity index (χ1n) is 12.5. The molecule has 2 fully saturated rings. The number of aromatic nitrogens is 2. The molecule has 3 heterocycles. The van der Waals surface area contributed by atoms with E-state index in [2.05, 4.69) is 49.8 Å². The number of rotatable bonds is 7. The molecule has 0 spiro atoms. The average Bonchev–Trinajstić information content (AvgIpc) is 3.36. The van der Waals surface area contributed by atoms with Gasteiger partial charge in [-0.1, -0.05) is 54.1 Å². The Labute approximate surface area is 216 Å². The van der Waals surface area contributed by atoms with Crippen molar-refractivity contribution in [3.63, 3.8) is 0 Å². The third-order valence-electron chi connectivity index (χ3n) is 7.05. The molecule has 1 N–H and O–H groups in total. The van der Waals surface area contributed by atoms with Crippen molar-refractivity contribution in [2.75, 3.05) is 31.1 Å². The molecule has 35 heavy (non-hydrogen) atoms.